The molecule has 0 fully saturated rings. The van der Waals surface area contributed by atoms with Crippen molar-refractivity contribution < 1.29 is 49.2 Å². The Balaban J connectivity index is 5.51. The number of carboxylic acids is 3. The first-order valence-electron chi connectivity index (χ1n) is 9.22. The summed E-state index contributed by atoms with van der Waals surface area (Å²) in [5.41, 5.74) is 5.33. The van der Waals surface area contributed by atoms with E-state index < -0.39 is 79.2 Å². The van der Waals surface area contributed by atoms with Crippen LogP contribution in [0.2, 0.25) is 0 Å². The van der Waals surface area contributed by atoms with E-state index in [1.54, 1.807) is 13.8 Å². The summed E-state index contributed by atoms with van der Waals surface area (Å²) in [7, 11) is 0. The summed E-state index contributed by atoms with van der Waals surface area (Å²) >= 11 is 0. The van der Waals surface area contributed by atoms with Crippen molar-refractivity contribution in [2.75, 3.05) is 6.61 Å². The molecule has 9 N–H and O–H groups in total. The number of rotatable bonds is 14. The molecule has 0 bridgehead atoms. The van der Waals surface area contributed by atoms with Crippen molar-refractivity contribution in [3.8, 4) is 0 Å². The maximum atomic E-state index is 12.5. The second kappa shape index (κ2) is 13.1. The van der Waals surface area contributed by atoms with E-state index in [0.717, 1.165) is 0 Å². The summed E-state index contributed by atoms with van der Waals surface area (Å²) in [6.45, 7) is 2.62. The number of aliphatic carboxylic acids is 3. The van der Waals surface area contributed by atoms with Crippen LogP contribution in [0.15, 0.2) is 0 Å². The minimum absolute atomic E-state index is 0.000869. The van der Waals surface area contributed by atoms with Gasteiger partial charge >= 0.3 is 17.9 Å². The molecule has 0 aliphatic rings. The van der Waals surface area contributed by atoms with Crippen LogP contribution in [0, 0.1) is 5.92 Å². The Morgan fingerprint density at radius 3 is 1.58 bits per heavy atom. The van der Waals surface area contributed by atoms with Crippen LogP contribution in [0.4, 0.5) is 0 Å². The Hall–Kier alpha value is -3.26. The third kappa shape index (κ3) is 10.9. The monoisotopic (exact) mass is 448 g/mol. The van der Waals surface area contributed by atoms with E-state index in [4.69, 9.17) is 26.2 Å². The second-order valence-corrected chi connectivity index (χ2v) is 7.14. The molecule has 0 aromatic carbocycles. The van der Waals surface area contributed by atoms with Gasteiger partial charge in [-0.1, -0.05) is 13.8 Å². The third-order valence-electron chi connectivity index (χ3n) is 3.88. The highest BCUT2D eigenvalue weighted by atomic mass is 16.4. The van der Waals surface area contributed by atoms with Gasteiger partial charge in [0.25, 0.3) is 0 Å². The Morgan fingerprint density at radius 1 is 0.742 bits per heavy atom. The van der Waals surface area contributed by atoms with E-state index in [9.17, 15) is 28.8 Å². The van der Waals surface area contributed by atoms with Crippen LogP contribution < -0.4 is 21.7 Å². The molecule has 0 rings (SSSR count). The Kier molecular flexibility index (Phi) is 11.7. The fraction of sp³-hybridized carbons (Fsp3) is 0.647. The molecule has 14 heteroatoms. The largest absolute Gasteiger partial charge is 0.481 e. The average Bonchev–Trinajstić information content (AvgIpc) is 2.64. The lowest BCUT2D eigenvalue weighted by Gasteiger charge is -2.25. The van der Waals surface area contributed by atoms with Crippen molar-refractivity contribution >= 4 is 35.6 Å². The fourth-order valence-corrected chi connectivity index (χ4v) is 2.37. The molecule has 0 spiro atoms. The van der Waals surface area contributed by atoms with Crippen LogP contribution in [0.3, 0.4) is 0 Å². The summed E-state index contributed by atoms with van der Waals surface area (Å²) < 4.78 is 0. The van der Waals surface area contributed by atoms with Crippen LogP contribution in [-0.4, -0.2) is 86.8 Å². The maximum absolute atomic E-state index is 12.5. The Labute approximate surface area is 177 Å². The summed E-state index contributed by atoms with van der Waals surface area (Å²) in [6.07, 6.45) is -1.76. The topological polar surface area (TPSA) is 245 Å². The summed E-state index contributed by atoms with van der Waals surface area (Å²) in [4.78, 5) is 69.9. The van der Waals surface area contributed by atoms with Gasteiger partial charge in [0.1, 0.15) is 24.2 Å². The zero-order chi connectivity index (χ0) is 24.3. The molecule has 3 amide bonds. The summed E-state index contributed by atoms with van der Waals surface area (Å²) in [6, 6.07) is -6.15. The van der Waals surface area contributed by atoms with E-state index in [1.165, 1.54) is 0 Å². The molecule has 0 heterocycles. The van der Waals surface area contributed by atoms with Crippen molar-refractivity contribution in [2.45, 2.75) is 57.3 Å². The number of carboxylic acid groups (broad SMARTS) is 3. The Bertz CT molecular complexity index is 696. The van der Waals surface area contributed by atoms with E-state index in [1.807, 2.05) is 5.32 Å². The first kappa shape index (κ1) is 27.7. The molecule has 31 heavy (non-hydrogen) atoms. The Morgan fingerprint density at radius 2 is 1.16 bits per heavy atom. The van der Waals surface area contributed by atoms with Gasteiger partial charge in [-0.2, -0.15) is 0 Å². The highest BCUT2D eigenvalue weighted by Crippen LogP contribution is 2.07. The summed E-state index contributed by atoms with van der Waals surface area (Å²) in [5.74, 6) is -7.76. The number of nitrogens with one attached hydrogen (secondary N) is 3. The molecule has 0 aliphatic heterocycles. The predicted octanol–water partition coefficient (Wildman–Crippen LogP) is -3.16. The molecule has 14 nitrogen and oxygen atoms in total. The predicted molar refractivity (Wildman–Crippen MR) is 102 cm³/mol. The van der Waals surface area contributed by atoms with Gasteiger partial charge in [-0.3, -0.25) is 24.0 Å². The number of carbonyl (C=O) groups is 6. The number of hydrogen-bond acceptors (Lipinski definition) is 8. The van der Waals surface area contributed by atoms with Gasteiger partial charge in [0.15, 0.2) is 0 Å². The summed E-state index contributed by atoms with van der Waals surface area (Å²) in [5, 5.41) is 42.0. The number of aliphatic hydroxyl groups is 1. The normalized spacial score (nSPS) is 14.6. The number of amides is 3. The molecule has 0 saturated heterocycles. The quantitative estimate of drug-likeness (QED) is 0.132. The van der Waals surface area contributed by atoms with Gasteiger partial charge in [0.05, 0.1) is 19.4 Å². The van der Waals surface area contributed by atoms with Gasteiger partial charge < -0.3 is 42.1 Å². The third-order valence-corrected chi connectivity index (χ3v) is 3.88. The standard InChI is InChI=1S/C17H28N4O10/c1-7(2)3-9(15(28)21-11(17(30)31)5-13(25)26)20-16(29)10(4-12(23)24)19-14(27)8(18)6-22/h7-11,22H,3-6,18H2,1-2H3,(H,19,27)(H,20,29)(H,21,28)(H,23,24)(H,25,26)(H,30,31). The minimum Gasteiger partial charge on any atom is -0.481 e. The molecule has 0 aromatic rings. The molecule has 4 unspecified atom stereocenters. The molecule has 0 radical (unpaired) electrons. The van der Waals surface area contributed by atoms with Gasteiger partial charge in [-0.05, 0) is 12.3 Å². The van der Waals surface area contributed by atoms with E-state index in [0.29, 0.717) is 0 Å². The van der Waals surface area contributed by atoms with Crippen molar-refractivity contribution in [2.24, 2.45) is 11.7 Å². The molecule has 0 aliphatic carbocycles. The molecule has 0 saturated carbocycles. The fourth-order valence-electron chi connectivity index (χ4n) is 2.37. The van der Waals surface area contributed by atoms with Gasteiger partial charge in [0.2, 0.25) is 17.7 Å². The molecule has 4 atom stereocenters. The zero-order valence-corrected chi connectivity index (χ0v) is 17.0. The molecule has 0 aromatic heterocycles. The number of hydrogen-bond donors (Lipinski definition) is 8. The van der Waals surface area contributed by atoms with Crippen LogP contribution in [-0.2, 0) is 28.8 Å². The highest BCUT2D eigenvalue weighted by Gasteiger charge is 2.32. The minimum atomic E-state index is -1.76. The molecular formula is C17H28N4O10. The smallest absolute Gasteiger partial charge is 0.326 e. The number of carbonyl (C=O) groups excluding carboxylic acids is 3. The number of nitrogens with two attached hydrogens (primary N) is 1. The van der Waals surface area contributed by atoms with Gasteiger partial charge in [-0.25, -0.2) is 4.79 Å². The number of aliphatic hydroxyl groups excluding tert-OH is 1. The van der Waals surface area contributed by atoms with Crippen molar-refractivity contribution in [1.29, 1.82) is 0 Å². The lowest BCUT2D eigenvalue weighted by molar-refractivity contribution is -0.147. The van der Waals surface area contributed by atoms with Gasteiger partial charge in [-0.15, -0.1) is 0 Å². The first-order chi connectivity index (χ1) is 14.3. The zero-order valence-electron chi connectivity index (χ0n) is 17.0. The first-order valence-corrected chi connectivity index (χ1v) is 9.22. The molecular weight excluding hydrogens is 420 g/mol. The highest BCUT2D eigenvalue weighted by molar-refractivity contribution is 5.96. The lowest BCUT2D eigenvalue weighted by Crippen LogP contribution is -2.58. The van der Waals surface area contributed by atoms with E-state index in [-0.39, 0.29) is 12.3 Å². The van der Waals surface area contributed by atoms with Crippen LogP contribution in [0.5, 0.6) is 0 Å². The van der Waals surface area contributed by atoms with Crippen LogP contribution >= 0.6 is 0 Å². The van der Waals surface area contributed by atoms with Gasteiger partial charge in [0, 0.05) is 0 Å². The second-order valence-electron chi connectivity index (χ2n) is 7.14. The average molecular weight is 448 g/mol. The molecule has 176 valence electrons. The van der Waals surface area contributed by atoms with Crippen LogP contribution in [0.1, 0.15) is 33.1 Å². The maximum Gasteiger partial charge on any atom is 0.326 e. The lowest BCUT2D eigenvalue weighted by atomic mass is 10.0. The SMILES string of the molecule is CC(C)CC(NC(=O)C(CC(=O)O)NC(=O)C(N)CO)C(=O)NC(CC(=O)O)C(=O)O. The van der Waals surface area contributed by atoms with Crippen molar-refractivity contribution in [3.05, 3.63) is 0 Å². The van der Waals surface area contributed by atoms with Crippen molar-refractivity contribution in [1.82, 2.24) is 16.0 Å². The van der Waals surface area contributed by atoms with E-state index >= 15 is 0 Å². The van der Waals surface area contributed by atoms with Crippen molar-refractivity contribution in [3.63, 3.8) is 0 Å². The van der Waals surface area contributed by atoms with E-state index in [2.05, 4.69) is 10.6 Å². The van der Waals surface area contributed by atoms with Crippen LogP contribution in [0.25, 0.3) is 0 Å².